The molecular formula is C18H30ClN3O. The van der Waals surface area contributed by atoms with Gasteiger partial charge in [0, 0.05) is 18.1 Å². The van der Waals surface area contributed by atoms with Crippen molar-refractivity contribution in [2.45, 2.75) is 52.0 Å². The molecule has 0 radical (unpaired) electrons. The molecule has 1 amide bonds. The third-order valence-corrected chi connectivity index (χ3v) is 3.63. The van der Waals surface area contributed by atoms with Crippen LogP contribution in [0.2, 0.25) is 5.02 Å². The number of nitrogens with one attached hydrogen (secondary N) is 1. The van der Waals surface area contributed by atoms with Crippen LogP contribution in [0, 0.1) is 0 Å². The van der Waals surface area contributed by atoms with Gasteiger partial charge in [0.2, 0.25) is 0 Å². The molecule has 0 aromatic heterocycles. The van der Waals surface area contributed by atoms with Gasteiger partial charge in [-0.2, -0.15) is 0 Å². The van der Waals surface area contributed by atoms with Gasteiger partial charge in [-0.15, -0.1) is 0 Å². The van der Waals surface area contributed by atoms with Crippen molar-refractivity contribution in [3.63, 3.8) is 0 Å². The van der Waals surface area contributed by atoms with Crippen molar-refractivity contribution in [2.75, 3.05) is 7.05 Å². The van der Waals surface area contributed by atoms with Gasteiger partial charge in [0.25, 0.3) is 5.91 Å². The van der Waals surface area contributed by atoms with E-state index in [1.165, 1.54) is 25.7 Å². The number of nitrogens with two attached hydrogens (primary N) is 2. The van der Waals surface area contributed by atoms with Crippen molar-refractivity contribution < 1.29 is 4.79 Å². The summed E-state index contributed by atoms with van der Waals surface area (Å²) >= 11 is 5.79. The van der Waals surface area contributed by atoms with Crippen LogP contribution in [-0.2, 0) is 4.79 Å². The minimum Gasteiger partial charge on any atom is -0.384 e. The SMILES string of the molecule is CCCCCC(N)CC.CN/C(=C\c1cccc(Cl)c1)C(N)=O. The highest BCUT2D eigenvalue weighted by Gasteiger charge is 2.01. The summed E-state index contributed by atoms with van der Waals surface area (Å²) in [5, 5.41) is 3.34. The van der Waals surface area contributed by atoms with Crippen molar-refractivity contribution in [3.05, 3.63) is 40.5 Å². The molecule has 5 N–H and O–H groups in total. The van der Waals surface area contributed by atoms with Crippen molar-refractivity contribution in [2.24, 2.45) is 11.5 Å². The Morgan fingerprint density at radius 3 is 2.52 bits per heavy atom. The van der Waals surface area contributed by atoms with Crippen molar-refractivity contribution in [1.29, 1.82) is 0 Å². The van der Waals surface area contributed by atoms with Crippen LogP contribution >= 0.6 is 11.6 Å². The van der Waals surface area contributed by atoms with Gasteiger partial charge < -0.3 is 16.8 Å². The van der Waals surface area contributed by atoms with Crippen LogP contribution in [0.25, 0.3) is 6.08 Å². The summed E-state index contributed by atoms with van der Waals surface area (Å²) in [5.74, 6) is -0.493. The number of primary amides is 1. The number of hydrogen-bond acceptors (Lipinski definition) is 3. The van der Waals surface area contributed by atoms with Gasteiger partial charge in [-0.1, -0.05) is 56.8 Å². The highest BCUT2D eigenvalue weighted by atomic mass is 35.5. The van der Waals surface area contributed by atoms with Crippen LogP contribution in [0.4, 0.5) is 0 Å². The standard InChI is InChI=1S/C10H11ClN2O.C8H19N/c1-13-9(10(12)14)6-7-3-2-4-8(11)5-7;1-3-5-6-7-8(9)4-2/h2-6,13H,1H3,(H2,12,14);8H,3-7,9H2,1-2H3/b9-6-;. The molecule has 0 saturated carbocycles. The lowest BCUT2D eigenvalue weighted by molar-refractivity contribution is -0.114. The Kier molecular flexibility index (Phi) is 12.1. The molecule has 1 aromatic rings. The average molecular weight is 340 g/mol. The van der Waals surface area contributed by atoms with E-state index < -0.39 is 5.91 Å². The first-order valence-electron chi connectivity index (χ1n) is 8.14. The summed E-state index contributed by atoms with van der Waals surface area (Å²) in [7, 11) is 1.64. The predicted molar refractivity (Wildman–Crippen MR) is 100 cm³/mol. The van der Waals surface area contributed by atoms with Crippen LogP contribution in [0.5, 0.6) is 0 Å². The predicted octanol–water partition coefficient (Wildman–Crippen LogP) is 3.69. The van der Waals surface area contributed by atoms with Crippen molar-refractivity contribution >= 4 is 23.6 Å². The maximum atomic E-state index is 10.9. The van der Waals surface area contributed by atoms with E-state index in [1.54, 1.807) is 25.3 Å². The lowest BCUT2D eigenvalue weighted by Gasteiger charge is -2.05. The second-order valence-electron chi connectivity index (χ2n) is 5.39. The first-order chi connectivity index (χ1) is 10.9. The number of unbranched alkanes of at least 4 members (excludes halogenated alkanes) is 2. The highest BCUT2D eigenvalue weighted by Crippen LogP contribution is 2.12. The molecule has 0 bridgehead atoms. The van der Waals surface area contributed by atoms with Gasteiger partial charge in [0.15, 0.2) is 0 Å². The van der Waals surface area contributed by atoms with Crippen molar-refractivity contribution in [1.82, 2.24) is 5.32 Å². The fourth-order valence-electron chi connectivity index (χ4n) is 1.89. The van der Waals surface area contributed by atoms with E-state index in [4.69, 9.17) is 23.1 Å². The Bertz CT molecular complexity index is 489. The summed E-state index contributed by atoms with van der Waals surface area (Å²) in [5.41, 5.74) is 12.0. The third kappa shape index (κ3) is 10.8. The fourth-order valence-corrected chi connectivity index (χ4v) is 2.09. The molecule has 4 nitrogen and oxygen atoms in total. The number of benzene rings is 1. The smallest absolute Gasteiger partial charge is 0.264 e. The summed E-state index contributed by atoms with van der Waals surface area (Å²) in [6.07, 6.45) is 7.94. The van der Waals surface area contributed by atoms with Gasteiger partial charge in [-0.05, 0) is 36.6 Å². The van der Waals surface area contributed by atoms with Crippen LogP contribution in [0.1, 0.15) is 51.5 Å². The molecule has 1 aromatic carbocycles. The van der Waals surface area contributed by atoms with Crippen molar-refractivity contribution in [3.8, 4) is 0 Å². The normalized spacial score (nSPS) is 12.1. The zero-order chi connectivity index (χ0) is 17.7. The number of hydrogen-bond donors (Lipinski definition) is 3. The molecule has 0 heterocycles. The Morgan fingerprint density at radius 2 is 2.04 bits per heavy atom. The minimum atomic E-state index is -0.493. The lowest BCUT2D eigenvalue weighted by Crippen LogP contribution is -2.22. The Labute approximate surface area is 145 Å². The zero-order valence-electron chi connectivity index (χ0n) is 14.4. The van der Waals surface area contributed by atoms with Gasteiger partial charge in [0.05, 0.1) is 5.70 Å². The maximum absolute atomic E-state index is 10.9. The molecule has 5 heteroatoms. The number of rotatable bonds is 8. The topological polar surface area (TPSA) is 81.1 Å². The summed E-state index contributed by atoms with van der Waals surface area (Å²) in [6.45, 7) is 4.37. The molecule has 0 fully saturated rings. The molecule has 0 aliphatic heterocycles. The van der Waals surface area contributed by atoms with E-state index in [2.05, 4.69) is 19.2 Å². The molecular weight excluding hydrogens is 310 g/mol. The molecule has 0 spiro atoms. The van der Waals surface area contributed by atoms with Gasteiger partial charge in [-0.25, -0.2) is 0 Å². The maximum Gasteiger partial charge on any atom is 0.264 e. The second kappa shape index (κ2) is 13.0. The molecule has 0 aliphatic rings. The van der Waals surface area contributed by atoms with E-state index in [0.29, 0.717) is 16.8 Å². The molecule has 0 saturated heterocycles. The van der Waals surface area contributed by atoms with E-state index in [9.17, 15) is 4.79 Å². The van der Waals surface area contributed by atoms with Gasteiger partial charge in [0.1, 0.15) is 0 Å². The van der Waals surface area contributed by atoms with Gasteiger partial charge in [-0.3, -0.25) is 4.79 Å². The van der Waals surface area contributed by atoms with E-state index in [-0.39, 0.29) is 0 Å². The third-order valence-electron chi connectivity index (χ3n) is 3.40. The first-order valence-corrected chi connectivity index (χ1v) is 8.52. The Balaban J connectivity index is 0.000000468. The largest absolute Gasteiger partial charge is 0.384 e. The quantitative estimate of drug-likeness (QED) is 0.499. The molecule has 130 valence electrons. The van der Waals surface area contributed by atoms with E-state index in [1.807, 2.05) is 12.1 Å². The minimum absolute atomic E-state index is 0.354. The van der Waals surface area contributed by atoms with Gasteiger partial charge >= 0.3 is 0 Å². The zero-order valence-corrected chi connectivity index (χ0v) is 15.2. The first kappa shape index (κ1) is 21.5. The van der Waals surface area contributed by atoms with Crippen LogP contribution in [-0.4, -0.2) is 19.0 Å². The molecule has 23 heavy (non-hydrogen) atoms. The summed E-state index contributed by atoms with van der Waals surface area (Å²) in [6, 6.07) is 7.62. The van der Waals surface area contributed by atoms with Crippen LogP contribution in [0.15, 0.2) is 30.0 Å². The Morgan fingerprint density at radius 1 is 1.35 bits per heavy atom. The molecule has 0 aliphatic carbocycles. The Hall–Kier alpha value is -1.52. The summed E-state index contributed by atoms with van der Waals surface area (Å²) < 4.78 is 0. The monoisotopic (exact) mass is 339 g/mol. The number of carbonyl (C=O) groups excluding carboxylic acids is 1. The number of likely N-dealkylation sites (N-methyl/N-ethyl adjacent to an activating group) is 1. The van der Waals surface area contributed by atoms with E-state index in [0.717, 1.165) is 12.0 Å². The van der Waals surface area contributed by atoms with Crippen LogP contribution < -0.4 is 16.8 Å². The number of halogens is 1. The molecule has 1 atom stereocenters. The number of amides is 1. The highest BCUT2D eigenvalue weighted by molar-refractivity contribution is 6.30. The lowest BCUT2D eigenvalue weighted by atomic mass is 10.1. The number of carbonyl (C=O) groups is 1. The average Bonchev–Trinajstić information content (AvgIpc) is 2.53. The second-order valence-corrected chi connectivity index (χ2v) is 5.83. The fraction of sp³-hybridized carbons (Fsp3) is 0.500. The van der Waals surface area contributed by atoms with E-state index >= 15 is 0 Å². The molecule has 1 unspecified atom stereocenters. The summed E-state index contributed by atoms with van der Waals surface area (Å²) in [4.78, 5) is 10.9. The van der Waals surface area contributed by atoms with Crippen LogP contribution in [0.3, 0.4) is 0 Å². The molecule has 1 rings (SSSR count).